The molecule has 16 heavy (non-hydrogen) atoms. The Kier molecular flexibility index (Phi) is 3.87. The third-order valence-electron chi connectivity index (χ3n) is 3.07. The summed E-state index contributed by atoms with van der Waals surface area (Å²) >= 11 is 3.56. The predicted molar refractivity (Wildman–Crippen MR) is 73.2 cm³/mol. The van der Waals surface area contributed by atoms with Crippen LogP contribution in [0.3, 0.4) is 0 Å². The van der Waals surface area contributed by atoms with Crippen molar-refractivity contribution in [1.29, 1.82) is 0 Å². The number of anilines is 1. The Hall–Kier alpha value is -0.540. The van der Waals surface area contributed by atoms with E-state index in [1.165, 1.54) is 22.1 Å². The molecule has 0 spiro atoms. The predicted octanol–water partition coefficient (Wildman–Crippen LogP) is 2.95. The zero-order valence-corrected chi connectivity index (χ0v) is 11.5. The van der Waals surface area contributed by atoms with Gasteiger partial charge in [0.05, 0.1) is 0 Å². The molecule has 1 unspecified atom stereocenters. The van der Waals surface area contributed by atoms with Crippen molar-refractivity contribution in [1.82, 2.24) is 5.32 Å². The number of benzene rings is 1. The number of halogens is 1. The lowest BCUT2D eigenvalue weighted by atomic mass is 10.2. The Bertz CT molecular complexity index is 345. The number of nitrogens with one attached hydrogen (secondary N) is 1. The zero-order valence-electron chi connectivity index (χ0n) is 9.96. The molecule has 3 heteroatoms. The van der Waals surface area contributed by atoms with E-state index in [2.05, 4.69) is 58.2 Å². The van der Waals surface area contributed by atoms with Gasteiger partial charge in [0.2, 0.25) is 0 Å². The van der Waals surface area contributed by atoms with Gasteiger partial charge in [-0.25, -0.2) is 0 Å². The van der Waals surface area contributed by atoms with Gasteiger partial charge in [0, 0.05) is 29.3 Å². The van der Waals surface area contributed by atoms with E-state index in [9.17, 15) is 0 Å². The van der Waals surface area contributed by atoms with E-state index in [4.69, 9.17) is 0 Å². The Labute approximate surface area is 106 Å². The van der Waals surface area contributed by atoms with Crippen LogP contribution < -0.4 is 10.2 Å². The van der Waals surface area contributed by atoms with E-state index in [1.807, 2.05) is 0 Å². The topological polar surface area (TPSA) is 15.3 Å². The van der Waals surface area contributed by atoms with Crippen LogP contribution >= 0.6 is 15.9 Å². The van der Waals surface area contributed by atoms with Gasteiger partial charge in [0.1, 0.15) is 0 Å². The van der Waals surface area contributed by atoms with Crippen molar-refractivity contribution >= 4 is 21.6 Å². The number of likely N-dealkylation sites (N-methyl/N-ethyl adjacent to an activating group) is 1. The molecular weight excluding hydrogens is 264 g/mol. The van der Waals surface area contributed by atoms with Crippen LogP contribution in [0.1, 0.15) is 18.9 Å². The number of hydrogen-bond acceptors (Lipinski definition) is 2. The fourth-order valence-electron chi connectivity index (χ4n) is 2.35. The Balaban J connectivity index is 2.08. The molecule has 1 N–H and O–H groups in total. The van der Waals surface area contributed by atoms with Crippen LogP contribution in [0.4, 0.5) is 5.69 Å². The van der Waals surface area contributed by atoms with E-state index in [1.54, 1.807) is 0 Å². The maximum absolute atomic E-state index is 3.56. The molecule has 0 amide bonds. The van der Waals surface area contributed by atoms with Crippen molar-refractivity contribution in [2.24, 2.45) is 0 Å². The second-order valence-corrected chi connectivity index (χ2v) is 5.39. The standard InChI is InChI=1S/C13H19BrN2/c1-3-15-12-4-5-16(9-12)13-7-10(2)6-11(14)8-13/h6-8,12,15H,3-5,9H2,1-2H3. The minimum absolute atomic E-state index is 0.657. The highest BCUT2D eigenvalue weighted by molar-refractivity contribution is 9.10. The van der Waals surface area contributed by atoms with Gasteiger partial charge in [-0.2, -0.15) is 0 Å². The van der Waals surface area contributed by atoms with Crippen molar-refractivity contribution in [3.63, 3.8) is 0 Å². The number of nitrogens with zero attached hydrogens (tertiary/aromatic N) is 1. The van der Waals surface area contributed by atoms with Gasteiger partial charge in [-0.05, 0) is 43.7 Å². The first-order valence-electron chi connectivity index (χ1n) is 5.94. The summed E-state index contributed by atoms with van der Waals surface area (Å²) in [5.41, 5.74) is 2.66. The summed E-state index contributed by atoms with van der Waals surface area (Å²) < 4.78 is 1.18. The summed E-state index contributed by atoms with van der Waals surface area (Å²) in [6, 6.07) is 7.28. The summed E-state index contributed by atoms with van der Waals surface area (Å²) in [6.07, 6.45) is 1.25. The van der Waals surface area contributed by atoms with Crippen molar-refractivity contribution < 1.29 is 0 Å². The van der Waals surface area contributed by atoms with Gasteiger partial charge < -0.3 is 10.2 Å². The minimum atomic E-state index is 0.657. The monoisotopic (exact) mass is 282 g/mol. The van der Waals surface area contributed by atoms with Crippen molar-refractivity contribution in [3.8, 4) is 0 Å². The van der Waals surface area contributed by atoms with Crippen LogP contribution in [-0.2, 0) is 0 Å². The molecule has 1 fully saturated rings. The molecule has 1 aliphatic heterocycles. The summed E-state index contributed by atoms with van der Waals surface area (Å²) in [6.45, 7) is 7.67. The lowest BCUT2D eigenvalue weighted by Crippen LogP contribution is -2.32. The average molecular weight is 283 g/mol. The van der Waals surface area contributed by atoms with Gasteiger partial charge in [-0.3, -0.25) is 0 Å². The smallest absolute Gasteiger partial charge is 0.0380 e. The van der Waals surface area contributed by atoms with Crippen LogP contribution in [0.5, 0.6) is 0 Å². The van der Waals surface area contributed by atoms with E-state index < -0.39 is 0 Å². The highest BCUT2D eigenvalue weighted by Gasteiger charge is 2.21. The Morgan fingerprint density at radius 3 is 2.94 bits per heavy atom. The highest BCUT2D eigenvalue weighted by Crippen LogP contribution is 2.25. The molecule has 1 aromatic rings. The van der Waals surface area contributed by atoms with Crippen molar-refractivity contribution in [3.05, 3.63) is 28.2 Å². The molecule has 0 aromatic heterocycles. The van der Waals surface area contributed by atoms with Gasteiger partial charge in [0.25, 0.3) is 0 Å². The molecular formula is C13H19BrN2. The molecule has 88 valence electrons. The first kappa shape index (κ1) is 11.9. The molecule has 0 bridgehead atoms. The molecule has 1 saturated heterocycles. The molecule has 2 nitrogen and oxygen atoms in total. The Morgan fingerprint density at radius 2 is 2.25 bits per heavy atom. The van der Waals surface area contributed by atoms with Gasteiger partial charge in [-0.1, -0.05) is 22.9 Å². The number of hydrogen-bond donors (Lipinski definition) is 1. The lowest BCUT2D eigenvalue weighted by molar-refractivity contribution is 0.572. The largest absolute Gasteiger partial charge is 0.370 e. The highest BCUT2D eigenvalue weighted by atomic mass is 79.9. The van der Waals surface area contributed by atoms with Crippen LogP contribution in [-0.4, -0.2) is 25.7 Å². The minimum Gasteiger partial charge on any atom is -0.370 e. The SMILES string of the molecule is CCNC1CCN(c2cc(C)cc(Br)c2)C1. The first-order valence-corrected chi connectivity index (χ1v) is 6.74. The molecule has 1 aliphatic rings. The normalized spacial score (nSPS) is 20.4. The van der Waals surface area contributed by atoms with Gasteiger partial charge in [-0.15, -0.1) is 0 Å². The molecule has 0 aliphatic carbocycles. The molecule has 1 aromatic carbocycles. The van der Waals surface area contributed by atoms with E-state index in [0.29, 0.717) is 6.04 Å². The quantitative estimate of drug-likeness (QED) is 0.917. The summed E-state index contributed by atoms with van der Waals surface area (Å²) in [7, 11) is 0. The third-order valence-corrected chi connectivity index (χ3v) is 3.53. The maximum Gasteiger partial charge on any atom is 0.0380 e. The second-order valence-electron chi connectivity index (χ2n) is 4.48. The fourth-order valence-corrected chi connectivity index (χ4v) is 2.95. The molecule has 0 radical (unpaired) electrons. The van der Waals surface area contributed by atoms with Gasteiger partial charge in [0.15, 0.2) is 0 Å². The third kappa shape index (κ3) is 2.77. The van der Waals surface area contributed by atoms with Crippen molar-refractivity contribution in [2.75, 3.05) is 24.5 Å². The Morgan fingerprint density at radius 1 is 1.44 bits per heavy atom. The van der Waals surface area contributed by atoms with Crippen LogP contribution in [0.2, 0.25) is 0 Å². The average Bonchev–Trinajstić information content (AvgIpc) is 2.65. The van der Waals surface area contributed by atoms with E-state index in [-0.39, 0.29) is 0 Å². The summed E-state index contributed by atoms with van der Waals surface area (Å²) in [5, 5.41) is 3.52. The van der Waals surface area contributed by atoms with Crippen molar-refractivity contribution in [2.45, 2.75) is 26.3 Å². The lowest BCUT2D eigenvalue weighted by Gasteiger charge is -2.19. The maximum atomic E-state index is 3.56. The molecule has 1 atom stereocenters. The van der Waals surface area contributed by atoms with Crippen LogP contribution in [0, 0.1) is 6.92 Å². The zero-order chi connectivity index (χ0) is 11.5. The summed E-state index contributed by atoms with van der Waals surface area (Å²) in [5.74, 6) is 0. The van der Waals surface area contributed by atoms with E-state index >= 15 is 0 Å². The second kappa shape index (κ2) is 5.19. The molecule has 0 saturated carbocycles. The number of rotatable bonds is 3. The number of aryl methyl sites for hydroxylation is 1. The fraction of sp³-hybridized carbons (Fsp3) is 0.538. The first-order chi connectivity index (χ1) is 7.69. The molecule has 1 heterocycles. The summed E-state index contributed by atoms with van der Waals surface area (Å²) in [4.78, 5) is 2.46. The van der Waals surface area contributed by atoms with Crippen LogP contribution in [0.25, 0.3) is 0 Å². The molecule has 2 rings (SSSR count). The van der Waals surface area contributed by atoms with Gasteiger partial charge >= 0.3 is 0 Å². The van der Waals surface area contributed by atoms with Crippen LogP contribution in [0.15, 0.2) is 22.7 Å². The van der Waals surface area contributed by atoms with E-state index in [0.717, 1.165) is 19.6 Å².